The average Bonchev–Trinajstić information content (AvgIpc) is 2.43. The summed E-state index contributed by atoms with van der Waals surface area (Å²) in [6.45, 7) is 5.27. The number of nitrogens with one attached hydrogen (secondary N) is 2. The van der Waals surface area contributed by atoms with Crippen LogP contribution in [0.5, 0.6) is 0 Å². The molecular formula is C11H18N2O4. The molecule has 1 saturated carbocycles. The highest BCUT2D eigenvalue weighted by Gasteiger charge is 2.34. The fraction of sp³-hybridized carbons (Fsp3) is 0.727. The van der Waals surface area contributed by atoms with Crippen molar-refractivity contribution < 1.29 is 19.1 Å². The third-order valence-electron chi connectivity index (χ3n) is 2.37. The molecule has 0 saturated heterocycles. The quantitative estimate of drug-likeness (QED) is 0.700. The molecule has 2 amide bonds. The van der Waals surface area contributed by atoms with E-state index < -0.39 is 11.7 Å². The molecule has 1 fully saturated rings. The van der Waals surface area contributed by atoms with Crippen LogP contribution in [0.25, 0.3) is 0 Å². The molecule has 17 heavy (non-hydrogen) atoms. The SMILES string of the molecule is CC(C)(C)OC(=O)NC1CC(=O)CC1NC=O. The van der Waals surface area contributed by atoms with Crippen molar-refractivity contribution in [1.82, 2.24) is 10.6 Å². The van der Waals surface area contributed by atoms with Crippen molar-refractivity contribution >= 4 is 18.3 Å². The molecule has 0 aliphatic heterocycles. The molecule has 1 rings (SSSR count). The van der Waals surface area contributed by atoms with Crippen LogP contribution in [0.15, 0.2) is 0 Å². The molecule has 1 aliphatic rings. The summed E-state index contributed by atoms with van der Waals surface area (Å²) in [5.74, 6) is 0.0189. The van der Waals surface area contributed by atoms with E-state index >= 15 is 0 Å². The molecule has 0 aromatic carbocycles. The van der Waals surface area contributed by atoms with Crippen LogP contribution in [0.1, 0.15) is 33.6 Å². The summed E-state index contributed by atoms with van der Waals surface area (Å²) in [6.07, 6.45) is 0.437. The topological polar surface area (TPSA) is 84.5 Å². The number of alkyl carbamates (subject to hydrolysis) is 1. The lowest BCUT2D eigenvalue weighted by Crippen LogP contribution is -2.47. The molecule has 2 unspecified atom stereocenters. The van der Waals surface area contributed by atoms with E-state index in [1.807, 2.05) is 0 Å². The number of amides is 2. The minimum atomic E-state index is -0.583. The largest absolute Gasteiger partial charge is 0.444 e. The van der Waals surface area contributed by atoms with Gasteiger partial charge in [0.1, 0.15) is 11.4 Å². The van der Waals surface area contributed by atoms with Crippen LogP contribution in [0, 0.1) is 0 Å². The molecule has 6 nitrogen and oxygen atoms in total. The van der Waals surface area contributed by atoms with E-state index in [0.717, 1.165) is 0 Å². The van der Waals surface area contributed by atoms with Gasteiger partial charge in [-0.05, 0) is 20.8 Å². The van der Waals surface area contributed by atoms with Crippen LogP contribution < -0.4 is 10.6 Å². The summed E-state index contributed by atoms with van der Waals surface area (Å²) in [4.78, 5) is 33.1. The van der Waals surface area contributed by atoms with Crippen molar-refractivity contribution in [2.75, 3.05) is 0 Å². The Morgan fingerprint density at radius 3 is 2.47 bits per heavy atom. The second kappa shape index (κ2) is 5.16. The molecule has 0 spiro atoms. The third-order valence-corrected chi connectivity index (χ3v) is 2.37. The van der Waals surface area contributed by atoms with Gasteiger partial charge in [-0.25, -0.2) is 4.79 Å². The lowest BCUT2D eigenvalue weighted by atomic mass is 10.2. The Morgan fingerprint density at radius 2 is 1.94 bits per heavy atom. The van der Waals surface area contributed by atoms with Gasteiger partial charge in [-0.3, -0.25) is 9.59 Å². The van der Waals surface area contributed by atoms with Gasteiger partial charge < -0.3 is 15.4 Å². The van der Waals surface area contributed by atoms with E-state index in [0.29, 0.717) is 6.41 Å². The van der Waals surface area contributed by atoms with Crippen molar-refractivity contribution in [3.8, 4) is 0 Å². The van der Waals surface area contributed by atoms with Gasteiger partial charge in [-0.15, -0.1) is 0 Å². The highest BCUT2D eigenvalue weighted by Crippen LogP contribution is 2.16. The first-order chi connectivity index (χ1) is 7.81. The van der Waals surface area contributed by atoms with Crippen molar-refractivity contribution in [2.45, 2.75) is 51.3 Å². The Hall–Kier alpha value is -1.59. The number of Topliss-reactive ketones (excluding diaryl/α,β-unsaturated/α-hetero) is 1. The van der Waals surface area contributed by atoms with Gasteiger partial charge in [-0.2, -0.15) is 0 Å². The first-order valence-corrected chi connectivity index (χ1v) is 5.53. The predicted octanol–water partition coefficient (Wildman–Crippen LogP) is 0.357. The van der Waals surface area contributed by atoms with Gasteiger partial charge in [0.15, 0.2) is 0 Å². The number of hydrogen-bond donors (Lipinski definition) is 2. The van der Waals surface area contributed by atoms with E-state index in [1.54, 1.807) is 20.8 Å². The summed E-state index contributed by atoms with van der Waals surface area (Å²) in [6, 6.07) is -0.727. The molecule has 1 aliphatic carbocycles. The maximum Gasteiger partial charge on any atom is 0.407 e. The lowest BCUT2D eigenvalue weighted by molar-refractivity contribution is -0.117. The minimum absolute atomic E-state index is 0.0189. The molecule has 0 heterocycles. The zero-order valence-corrected chi connectivity index (χ0v) is 10.3. The van der Waals surface area contributed by atoms with E-state index in [1.165, 1.54) is 0 Å². The standard InChI is InChI=1S/C11H18N2O4/c1-11(2,3)17-10(16)13-9-5-7(15)4-8(9)12-6-14/h6,8-9H,4-5H2,1-3H3,(H,12,14)(H,13,16). The Kier molecular flexibility index (Phi) is 4.09. The van der Waals surface area contributed by atoms with Crippen molar-refractivity contribution in [3.05, 3.63) is 0 Å². The van der Waals surface area contributed by atoms with Crippen LogP contribution in [0.4, 0.5) is 4.79 Å². The number of hydrogen-bond acceptors (Lipinski definition) is 4. The first-order valence-electron chi connectivity index (χ1n) is 5.53. The van der Waals surface area contributed by atoms with E-state index in [2.05, 4.69) is 10.6 Å². The summed E-state index contributed by atoms with van der Waals surface area (Å²) < 4.78 is 5.08. The molecule has 2 atom stereocenters. The van der Waals surface area contributed by atoms with Crippen molar-refractivity contribution in [2.24, 2.45) is 0 Å². The zero-order chi connectivity index (χ0) is 13.1. The Balaban J connectivity index is 2.52. The number of carbonyl (C=O) groups excluding carboxylic acids is 3. The maximum atomic E-state index is 11.5. The smallest absolute Gasteiger partial charge is 0.407 e. The molecule has 96 valence electrons. The number of ether oxygens (including phenoxy) is 1. The van der Waals surface area contributed by atoms with Gasteiger partial charge in [0.25, 0.3) is 0 Å². The summed E-state index contributed by atoms with van der Waals surface area (Å²) in [7, 11) is 0. The van der Waals surface area contributed by atoms with Gasteiger partial charge in [-0.1, -0.05) is 0 Å². The minimum Gasteiger partial charge on any atom is -0.444 e. The predicted molar refractivity (Wildman–Crippen MR) is 60.4 cm³/mol. The van der Waals surface area contributed by atoms with Crippen LogP contribution in [0.2, 0.25) is 0 Å². The summed E-state index contributed by atoms with van der Waals surface area (Å²) in [5.41, 5.74) is -0.583. The molecule has 6 heteroatoms. The summed E-state index contributed by atoms with van der Waals surface area (Å²) in [5, 5.41) is 5.12. The third kappa shape index (κ3) is 4.42. The molecular weight excluding hydrogens is 224 g/mol. The van der Waals surface area contributed by atoms with Crippen molar-refractivity contribution in [1.29, 1.82) is 0 Å². The molecule has 0 aromatic heterocycles. The van der Waals surface area contributed by atoms with E-state index in [-0.39, 0.29) is 30.7 Å². The van der Waals surface area contributed by atoms with Crippen LogP contribution in [-0.2, 0) is 14.3 Å². The maximum absolute atomic E-state index is 11.5. The number of rotatable bonds is 3. The molecule has 0 bridgehead atoms. The van der Waals surface area contributed by atoms with Gasteiger partial charge in [0.2, 0.25) is 6.41 Å². The fourth-order valence-corrected chi connectivity index (χ4v) is 1.73. The second-order valence-corrected chi connectivity index (χ2v) is 5.09. The monoisotopic (exact) mass is 242 g/mol. The highest BCUT2D eigenvalue weighted by atomic mass is 16.6. The summed E-state index contributed by atoms with van der Waals surface area (Å²) >= 11 is 0. The lowest BCUT2D eigenvalue weighted by Gasteiger charge is -2.23. The van der Waals surface area contributed by atoms with Crippen LogP contribution >= 0.6 is 0 Å². The van der Waals surface area contributed by atoms with E-state index in [9.17, 15) is 14.4 Å². The Bertz CT molecular complexity index is 322. The van der Waals surface area contributed by atoms with E-state index in [4.69, 9.17) is 4.74 Å². The van der Waals surface area contributed by atoms with Gasteiger partial charge >= 0.3 is 6.09 Å². The van der Waals surface area contributed by atoms with Crippen LogP contribution in [0.3, 0.4) is 0 Å². The normalized spacial score (nSPS) is 24.3. The molecule has 2 N–H and O–H groups in total. The number of ketones is 1. The number of carbonyl (C=O) groups is 3. The zero-order valence-electron chi connectivity index (χ0n) is 10.3. The average molecular weight is 242 g/mol. The van der Waals surface area contributed by atoms with Gasteiger partial charge in [0.05, 0.1) is 12.1 Å². The fourth-order valence-electron chi connectivity index (χ4n) is 1.73. The Labute approximate surface area is 100 Å². The second-order valence-electron chi connectivity index (χ2n) is 5.09. The van der Waals surface area contributed by atoms with Gasteiger partial charge in [0, 0.05) is 12.8 Å². The Morgan fingerprint density at radius 1 is 1.35 bits per heavy atom. The van der Waals surface area contributed by atoms with Crippen LogP contribution in [-0.4, -0.2) is 36.0 Å². The molecule has 0 aromatic rings. The first kappa shape index (κ1) is 13.5. The van der Waals surface area contributed by atoms with Crippen molar-refractivity contribution in [3.63, 3.8) is 0 Å². The highest BCUT2D eigenvalue weighted by molar-refractivity contribution is 5.84. The molecule has 0 radical (unpaired) electrons.